The molecule has 0 aromatic carbocycles. The second-order valence-electron chi connectivity index (χ2n) is 3.27. The van der Waals surface area contributed by atoms with E-state index in [1.165, 1.54) is 6.07 Å². The molecule has 0 aliphatic carbocycles. The normalized spacial score (nSPS) is 13.0. The summed E-state index contributed by atoms with van der Waals surface area (Å²) in [4.78, 5) is 13.0. The van der Waals surface area contributed by atoms with Gasteiger partial charge < -0.3 is 4.98 Å². The Hall–Kier alpha value is -1.65. The Morgan fingerprint density at radius 1 is 1.56 bits per heavy atom. The van der Waals surface area contributed by atoms with Crippen LogP contribution in [0.1, 0.15) is 13.3 Å². The quantitative estimate of drug-likeness (QED) is 0.771. The molecule has 1 atom stereocenters. The molecule has 2 N–H and O–H groups in total. The van der Waals surface area contributed by atoms with Crippen molar-refractivity contribution >= 4 is 10.0 Å². The lowest BCUT2D eigenvalue weighted by Crippen LogP contribution is -2.32. The van der Waals surface area contributed by atoms with Crippen molar-refractivity contribution in [1.82, 2.24) is 9.71 Å². The van der Waals surface area contributed by atoms with E-state index in [-0.39, 0.29) is 16.9 Å². The Balaban J connectivity index is 2.91. The standard InChI is InChI=1S/C9H11N3O3S/c1-7(4-5-10)12-16(14,15)8-2-3-9(13)11-6-8/h2-3,6-7,12H,4H2,1H3,(H,11,13). The van der Waals surface area contributed by atoms with E-state index in [9.17, 15) is 13.2 Å². The summed E-state index contributed by atoms with van der Waals surface area (Å²) >= 11 is 0. The van der Waals surface area contributed by atoms with Crippen molar-refractivity contribution in [2.75, 3.05) is 0 Å². The van der Waals surface area contributed by atoms with Crippen LogP contribution < -0.4 is 10.3 Å². The first-order valence-electron chi connectivity index (χ1n) is 4.54. The summed E-state index contributed by atoms with van der Waals surface area (Å²) in [5.74, 6) is 0. The van der Waals surface area contributed by atoms with E-state index in [1.54, 1.807) is 6.92 Å². The lowest BCUT2D eigenvalue weighted by atomic mass is 10.3. The topological polar surface area (TPSA) is 103 Å². The maximum atomic E-state index is 11.7. The number of aromatic nitrogens is 1. The lowest BCUT2D eigenvalue weighted by Gasteiger charge is -2.10. The molecule has 1 rings (SSSR count). The Bertz CT molecular complexity index is 536. The van der Waals surface area contributed by atoms with Gasteiger partial charge >= 0.3 is 0 Å². The van der Waals surface area contributed by atoms with Crippen LogP contribution in [0.15, 0.2) is 28.0 Å². The molecule has 0 aliphatic heterocycles. The summed E-state index contributed by atoms with van der Waals surface area (Å²) in [7, 11) is -3.67. The monoisotopic (exact) mass is 241 g/mol. The third-order valence-corrected chi connectivity index (χ3v) is 3.41. The molecule has 1 unspecified atom stereocenters. The molecule has 16 heavy (non-hydrogen) atoms. The van der Waals surface area contributed by atoms with Crippen molar-refractivity contribution in [2.45, 2.75) is 24.3 Å². The van der Waals surface area contributed by atoms with E-state index in [2.05, 4.69) is 9.71 Å². The Morgan fingerprint density at radius 3 is 2.75 bits per heavy atom. The van der Waals surface area contributed by atoms with E-state index >= 15 is 0 Å². The van der Waals surface area contributed by atoms with Crippen molar-refractivity contribution in [3.63, 3.8) is 0 Å². The number of rotatable bonds is 4. The predicted octanol–water partition coefficient (Wildman–Crippen LogP) is -0.0446. The molecule has 7 heteroatoms. The minimum atomic E-state index is -3.67. The van der Waals surface area contributed by atoms with Gasteiger partial charge in [-0.05, 0) is 13.0 Å². The van der Waals surface area contributed by atoms with Crippen LogP contribution in [0.3, 0.4) is 0 Å². The second-order valence-corrected chi connectivity index (χ2v) is 4.99. The molecular weight excluding hydrogens is 230 g/mol. The van der Waals surface area contributed by atoms with Crippen molar-refractivity contribution in [1.29, 1.82) is 5.26 Å². The zero-order valence-corrected chi connectivity index (χ0v) is 9.41. The molecule has 1 aromatic heterocycles. The number of H-pyrrole nitrogens is 1. The highest BCUT2D eigenvalue weighted by atomic mass is 32.2. The van der Waals surface area contributed by atoms with Crippen molar-refractivity contribution < 1.29 is 8.42 Å². The van der Waals surface area contributed by atoms with E-state index in [0.717, 1.165) is 12.3 Å². The fourth-order valence-electron chi connectivity index (χ4n) is 1.07. The van der Waals surface area contributed by atoms with Gasteiger partial charge in [-0.1, -0.05) is 0 Å². The van der Waals surface area contributed by atoms with Crippen molar-refractivity contribution in [3.8, 4) is 6.07 Å². The van der Waals surface area contributed by atoms with Gasteiger partial charge in [0.2, 0.25) is 15.6 Å². The Morgan fingerprint density at radius 2 is 2.25 bits per heavy atom. The number of pyridine rings is 1. The number of nitrogens with zero attached hydrogens (tertiary/aromatic N) is 1. The predicted molar refractivity (Wildman–Crippen MR) is 57.1 cm³/mol. The van der Waals surface area contributed by atoms with Crippen LogP contribution in [0.4, 0.5) is 0 Å². The smallest absolute Gasteiger partial charge is 0.247 e. The number of hydrogen-bond donors (Lipinski definition) is 2. The van der Waals surface area contributed by atoms with Gasteiger partial charge in [-0.25, -0.2) is 13.1 Å². The summed E-state index contributed by atoms with van der Waals surface area (Å²) < 4.78 is 25.7. The Labute approximate surface area is 93.0 Å². The molecule has 6 nitrogen and oxygen atoms in total. The highest BCUT2D eigenvalue weighted by Crippen LogP contribution is 2.05. The van der Waals surface area contributed by atoms with Gasteiger partial charge in [0.25, 0.3) is 0 Å². The molecule has 1 heterocycles. The third kappa shape index (κ3) is 3.18. The fourth-order valence-corrected chi connectivity index (χ4v) is 2.29. The zero-order chi connectivity index (χ0) is 12.2. The van der Waals surface area contributed by atoms with E-state index in [4.69, 9.17) is 5.26 Å². The fraction of sp³-hybridized carbons (Fsp3) is 0.333. The highest BCUT2D eigenvalue weighted by Gasteiger charge is 2.16. The maximum absolute atomic E-state index is 11.7. The number of nitriles is 1. The third-order valence-electron chi connectivity index (χ3n) is 1.82. The van der Waals surface area contributed by atoms with Gasteiger partial charge in [0.1, 0.15) is 0 Å². The molecule has 0 aliphatic rings. The number of hydrogen-bond acceptors (Lipinski definition) is 4. The van der Waals surface area contributed by atoms with Gasteiger partial charge in [-0.2, -0.15) is 5.26 Å². The molecule has 1 aromatic rings. The largest absolute Gasteiger partial charge is 0.328 e. The van der Waals surface area contributed by atoms with E-state index in [0.29, 0.717) is 0 Å². The van der Waals surface area contributed by atoms with Gasteiger partial charge in [0.15, 0.2) is 0 Å². The van der Waals surface area contributed by atoms with Crippen LogP contribution in [0.2, 0.25) is 0 Å². The zero-order valence-electron chi connectivity index (χ0n) is 8.60. The van der Waals surface area contributed by atoms with Gasteiger partial charge in [-0.3, -0.25) is 4.79 Å². The molecular formula is C9H11N3O3S. The van der Waals surface area contributed by atoms with E-state index < -0.39 is 16.1 Å². The van der Waals surface area contributed by atoms with Crippen LogP contribution in [-0.2, 0) is 10.0 Å². The minimum absolute atomic E-state index is 0.0307. The molecule has 0 saturated heterocycles. The highest BCUT2D eigenvalue weighted by molar-refractivity contribution is 7.89. The number of sulfonamides is 1. The summed E-state index contributed by atoms with van der Waals surface area (Å²) in [6, 6.07) is 3.73. The first kappa shape index (κ1) is 12.4. The van der Waals surface area contributed by atoms with E-state index in [1.807, 2.05) is 6.07 Å². The van der Waals surface area contributed by atoms with Gasteiger partial charge in [0.05, 0.1) is 17.4 Å². The van der Waals surface area contributed by atoms with Crippen LogP contribution in [0.25, 0.3) is 0 Å². The average Bonchev–Trinajstić information content (AvgIpc) is 2.17. The first-order chi connectivity index (χ1) is 7.45. The molecule has 0 fully saturated rings. The molecule has 0 bridgehead atoms. The molecule has 86 valence electrons. The van der Waals surface area contributed by atoms with Gasteiger partial charge in [-0.15, -0.1) is 0 Å². The summed E-state index contributed by atoms with van der Waals surface area (Å²) in [5.41, 5.74) is -0.371. The van der Waals surface area contributed by atoms with Crippen LogP contribution in [-0.4, -0.2) is 19.4 Å². The molecule has 0 amide bonds. The van der Waals surface area contributed by atoms with Crippen molar-refractivity contribution in [2.24, 2.45) is 0 Å². The van der Waals surface area contributed by atoms with Crippen LogP contribution in [0.5, 0.6) is 0 Å². The number of nitrogens with one attached hydrogen (secondary N) is 2. The number of aromatic amines is 1. The molecule has 0 saturated carbocycles. The maximum Gasteiger partial charge on any atom is 0.247 e. The summed E-state index contributed by atoms with van der Waals surface area (Å²) in [6.45, 7) is 1.59. The molecule has 0 spiro atoms. The van der Waals surface area contributed by atoms with Crippen LogP contribution in [0, 0.1) is 11.3 Å². The lowest BCUT2D eigenvalue weighted by molar-refractivity contribution is 0.562. The summed E-state index contributed by atoms with van der Waals surface area (Å²) in [6.07, 6.45) is 1.20. The SMILES string of the molecule is CC(CC#N)NS(=O)(=O)c1ccc(=O)[nH]c1. The average molecular weight is 241 g/mol. The van der Waals surface area contributed by atoms with Gasteiger partial charge in [0, 0.05) is 18.3 Å². The second kappa shape index (κ2) is 4.92. The summed E-state index contributed by atoms with van der Waals surface area (Å²) in [5, 5.41) is 8.41. The van der Waals surface area contributed by atoms with Crippen molar-refractivity contribution in [3.05, 3.63) is 28.7 Å². The first-order valence-corrected chi connectivity index (χ1v) is 6.02. The van der Waals surface area contributed by atoms with Crippen LogP contribution >= 0.6 is 0 Å². The Kier molecular flexibility index (Phi) is 3.82. The minimum Gasteiger partial charge on any atom is -0.328 e. The molecule has 0 radical (unpaired) electrons.